The Labute approximate surface area is 122 Å². The fraction of sp³-hybridized carbons (Fsp3) is 0.250. The van der Waals surface area contributed by atoms with Crippen molar-refractivity contribution in [3.63, 3.8) is 0 Å². The van der Waals surface area contributed by atoms with Gasteiger partial charge in [0.05, 0.1) is 19.6 Å². The van der Waals surface area contributed by atoms with E-state index in [1.807, 2.05) is 24.3 Å². The van der Waals surface area contributed by atoms with Gasteiger partial charge in [-0.25, -0.2) is 0 Å². The zero-order valence-electron chi connectivity index (χ0n) is 11.4. The summed E-state index contributed by atoms with van der Waals surface area (Å²) >= 11 is 0. The SMILES string of the molecule is O=C(O)Cc1cncc(-c2cccc3c2OCCCO3)c1. The third-order valence-corrected chi connectivity index (χ3v) is 3.23. The van der Waals surface area contributed by atoms with Crippen LogP contribution in [0.3, 0.4) is 0 Å². The number of hydrogen-bond donors (Lipinski definition) is 1. The number of carboxylic acid groups (broad SMARTS) is 1. The number of rotatable bonds is 3. The number of aliphatic carboxylic acids is 1. The molecule has 0 spiro atoms. The lowest BCUT2D eigenvalue weighted by Gasteiger charge is -2.12. The summed E-state index contributed by atoms with van der Waals surface area (Å²) in [6, 6.07) is 7.52. The van der Waals surface area contributed by atoms with E-state index in [1.165, 1.54) is 0 Å². The maximum Gasteiger partial charge on any atom is 0.307 e. The van der Waals surface area contributed by atoms with E-state index in [0.29, 0.717) is 30.3 Å². The largest absolute Gasteiger partial charge is 0.490 e. The number of nitrogens with zero attached hydrogens (tertiary/aromatic N) is 1. The van der Waals surface area contributed by atoms with E-state index >= 15 is 0 Å². The monoisotopic (exact) mass is 285 g/mol. The number of benzene rings is 1. The smallest absolute Gasteiger partial charge is 0.307 e. The second kappa shape index (κ2) is 5.83. The lowest BCUT2D eigenvalue weighted by molar-refractivity contribution is -0.136. The van der Waals surface area contributed by atoms with Crippen molar-refractivity contribution in [2.75, 3.05) is 13.2 Å². The van der Waals surface area contributed by atoms with Crippen molar-refractivity contribution < 1.29 is 19.4 Å². The maximum atomic E-state index is 10.8. The number of pyridine rings is 1. The van der Waals surface area contributed by atoms with Crippen LogP contribution in [0.5, 0.6) is 11.5 Å². The van der Waals surface area contributed by atoms with Crippen molar-refractivity contribution in [2.24, 2.45) is 0 Å². The summed E-state index contributed by atoms with van der Waals surface area (Å²) in [5.41, 5.74) is 2.36. The highest BCUT2D eigenvalue weighted by molar-refractivity contribution is 5.75. The van der Waals surface area contributed by atoms with Crippen LogP contribution in [0.1, 0.15) is 12.0 Å². The summed E-state index contributed by atoms with van der Waals surface area (Å²) < 4.78 is 11.5. The number of aromatic nitrogens is 1. The van der Waals surface area contributed by atoms with Gasteiger partial charge in [0, 0.05) is 29.9 Å². The van der Waals surface area contributed by atoms with E-state index in [-0.39, 0.29) is 6.42 Å². The Hall–Kier alpha value is -2.56. The Balaban J connectivity index is 2.02. The summed E-state index contributed by atoms with van der Waals surface area (Å²) in [6.45, 7) is 1.24. The molecule has 1 aliphatic heterocycles. The van der Waals surface area contributed by atoms with Crippen molar-refractivity contribution >= 4 is 5.97 Å². The molecule has 1 aromatic heterocycles. The molecule has 1 aromatic carbocycles. The van der Waals surface area contributed by atoms with Gasteiger partial charge in [0.2, 0.25) is 0 Å². The summed E-state index contributed by atoms with van der Waals surface area (Å²) in [4.78, 5) is 14.9. The minimum absolute atomic E-state index is 0.0484. The van der Waals surface area contributed by atoms with E-state index < -0.39 is 5.97 Å². The molecule has 0 aliphatic carbocycles. The molecule has 3 rings (SSSR count). The third-order valence-electron chi connectivity index (χ3n) is 3.23. The Morgan fingerprint density at radius 2 is 2.10 bits per heavy atom. The van der Waals surface area contributed by atoms with Crippen LogP contribution in [0, 0.1) is 0 Å². The van der Waals surface area contributed by atoms with Crippen molar-refractivity contribution in [3.8, 4) is 22.6 Å². The average Bonchev–Trinajstić information content (AvgIpc) is 2.71. The standard InChI is InChI=1S/C16H15NO4/c18-15(19)8-11-7-12(10-17-9-11)13-3-1-4-14-16(13)21-6-2-5-20-14/h1,3-4,7,9-10H,2,5-6,8H2,(H,18,19). The molecule has 0 radical (unpaired) electrons. The van der Waals surface area contributed by atoms with Gasteiger partial charge in [-0.05, 0) is 17.7 Å². The second-order valence-corrected chi connectivity index (χ2v) is 4.84. The molecule has 0 fully saturated rings. The number of para-hydroxylation sites is 1. The van der Waals surface area contributed by atoms with Gasteiger partial charge in [-0.1, -0.05) is 12.1 Å². The highest BCUT2D eigenvalue weighted by Crippen LogP contribution is 2.39. The molecule has 5 heteroatoms. The number of carbonyl (C=O) groups is 1. The van der Waals surface area contributed by atoms with Crippen molar-refractivity contribution in [3.05, 3.63) is 42.2 Å². The average molecular weight is 285 g/mol. The Kier molecular flexibility index (Phi) is 3.73. The molecule has 0 amide bonds. The van der Waals surface area contributed by atoms with Crippen LogP contribution >= 0.6 is 0 Å². The molecule has 108 valence electrons. The van der Waals surface area contributed by atoms with Gasteiger partial charge < -0.3 is 14.6 Å². The minimum atomic E-state index is -0.875. The van der Waals surface area contributed by atoms with E-state index in [0.717, 1.165) is 17.5 Å². The topological polar surface area (TPSA) is 68.7 Å². The quantitative estimate of drug-likeness (QED) is 0.938. The van der Waals surface area contributed by atoms with Gasteiger partial charge in [0.1, 0.15) is 0 Å². The van der Waals surface area contributed by atoms with E-state index in [9.17, 15) is 4.79 Å². The number of carboxylic acids is 1. The molecule has 21 heavy (non-hydrogen) atoms. The zero-order chi connectivity index (χ0) is 14.7. The van der Waals surface area contributed by atoms with Gasteiger partial charge in [-0.3, -0.25) is 9.78 Å². The van der Waals surface area contributed by atoms with E-state index in [1.54, 1.807) is 12.4 Å². The number of fused-ring (bicyclic) bond motifs is 1. The first-order valence-corrected chi connectivity index (χ1v) is 6.79. The van der Waals surface area contributed by atoms with Crippen LogP contribution in [0.2, 0.25) is 0 Å². The van der Waals surface area contributed by atoms with Crippen LogP contribution < -0.4 is 9.47 Å². The summed E-state index contributed by atoms with van der Waals surface area (Å²) in [6.07, 6.45) is 4.06. The van der Waals surface area contributed by atoms with Crippen LogP contribution in [-0.2, 0) is 11.2 Å². The van der Waals surface area contributed by atoms with Gasteiger partial charge in [0.15, 0.2) is 11.5 Å². The number of ether oxygens (including phenoxy) is 2. The summed E-state index contributed by atoms with van der Waals surface area (Å²) in [7, 11) is 0. The van der Waals surface area contributed by atoms with Gasteiger partial charge in [0.25, 0.3) is 0 Å². The lowest BCUT2D eigenvalue weighted by Crippen LogP contribution is -2.01. The van der Waals surface area contributed by atoms with Gasteiger partial charge in [-0.2, -0.15) is 0 Å². The van der Waals surface area contributed by atoms with Crippen LogP contribution in [0.25, 0.3) is 11.1 Å². The molecular formula is C16H15NO4. The van der Waals surface area contributed by atoms with Crippen LogP contribution in [-0.4, -0.2) is 29.3 Å². The fourth-order valence-corrected chi connectivity index (χ4v) is 2.33. The normalized spacial score (nSPS) is 13.5. The van der Waals surface area contributed by atoms with E-state index in [4.69, 9.17) is 14.6 Å². The molecule has 0 saturated carbocycles. The van der Waals surface area contributed by atoms with Crippen molar-refractivity contribution in [2.45, 2.75) is 12.8 Å². The fourth-order valence-electron chi connectivity index (χ4n) is 2.33. The lowest BCUT2D eigenvalue weighted by atomic mass is 10.0. The Morgan fingerprint density at radius 1 is 1.24 bits per heavy atom. The van der Waals surface area contributed by atoms with Gasteiger partial charge >= 0.3 is 5.97 Å². The van der Waals surface area contributed by atoms with Crippen molar-refractivity contribution in [1.29, 1.82) is 0 Å². The first-order chi connectivity index (χ1) is 10.2. The molecule has 0 unspecified atom stereocenters. The van der Waals surface area contributed by atoms with Crippen LogP contribution in [0.15, 0.2) is 36.7 Å². The maximum absolute atomic E-state index is 10.8. The van der Waals surface area contributed by atoms with Gasteiger partial charge in [-0.15, -0.1) is 0 Å². The molecular weight excluding hydrogens is 270 g/mol. The molecule has 0 bridgehead atoms. The Morgan fingerprint density at radius 3 is 2.95 bits per heavy atom. The molecule has 5 nitrogen and oxygen atoms in total. The predicted molar refractivity (Wildman–Crippen MR) is 76.6 cm³/mol. The van der Waals surface area contributed by atoms with E-state index in [2.05, 4.69) is 4.98 Å². The highest BCUT2D eigenvalue weighted by Gasteiger charge is 2.16. The summed E-state index contributed by atoms with van der Waals surface area (Å²) in [5, 5.41) is 8.89. The first kappa shape index (κ1) is 13.4. The molecule has 2 heterocycles. The van der Waals surface area contributed by atoms with Crippen LogP contribution in [0.4, 0.5) is 0 Å². The molecule has 1 N–H and O–H groups in total. The number of hydrogen-bond acceptors (Lipinski definition) is 4. The third kappa shape index (κ3) is 2.97. The minimum Gasteiger partial charge on any atom is -0.490 e. The summed E-state index contributed by atoms with van der Waals surface area (Å²) in [5.74, 6) is 0.540. The zero-order valence-corrected chi connectivity index (χ0v) is 11.4. The molecule has 0 saturated heterocycles. The first-order valence-electron chi connectivity index (χ1n) is 6.79. The second-order valence-electron chi connectivity index (χ2n) is 4.84. The molecule has 2 aromatic rings. The molecule has 1 aliphatic rings. The predicted octanol–water partition coefficient (Wildman–Crippen LogP) is 2.54. The Bertz CT molecular complexity index is 669. The highest BCUT2D eigenvalue weighted by atomic mass is 16.5. The van der Waals surface area contributed by atoms with Crippen molar-refractivity contribution in [1.82, 2.24) is 4.98 Å². The molecule has 0 atom stereocenters.